The Morgan fingerprint density at radius 2 is 1.57 bits per heavy atom. The molecule has 0 aliphatic carbocycles. The molecule has 9 nitrogen and oxygen atoms in total. The first-order valence-electron chi connectivity index (χ1n) is 9.21. The molecular weight excluding hydrogens is 390 g/mol. The van der Waals surface area contributed by atoms with Crippen LogP contribution in [0.4, 0.5) is 5.69 Å². The van der Waals surface area contributed by atoms with E-state index >= 15 is 0 Å². The molecule has 0 aliphatic rings. The molecule has 0 saturated carbocycles. The Balaban J connectivity index is 1.79. The number of carbonyl (C=O) groups excluding carboxylic acids is 4. The highest BCUT2D eigenvalue weighted by molar-refractivity contribution is 5.98. The smallest absolute Gasteiger partial charge is 0.326 e. The zero-order valence-electron chi connectivity index (χ0n) is 16.6. The lowest BCUT2D eigenvalue weighted by atomic mass is 10.2. The van der Waals surface area contributed by atoms with Gasteiger partial charge in [-0.2, -0.15) is 0 Å². The van der Waals surface area contributed by atoms with Crippen molar-refractivity contribution in [2.24, 2.45) is 5.73 Å². The average molecular weight is 413 g/mol. The SMILES string of the molecule is CCOc1ccc(C(=O)NCC(=O)O[C@@H](C)C(=O)Nc2ccc(C(N)=O)cc2)cc1. The number of nitrogens with one attached hydrogen (secondary N) is 2. The third-order valence-electron chi connectivity index (χ3n) is 3.94. The van der Waals surface area contributed by atoms with Crippen LogP contribution >= 0.6 is 0 Å². The summed E-state index contributed by atoms with van der Waals surface area (Å²) >= 11 is 0. The number of amides is 3. The van der Waals surface area contributed by atoms with Gasteiger partial charge in [-0.1, -0.05) is 0 Å². The van der Waals surface area contributed by atoms with Gasteiger partial charge in [-0.15, -0.1) is 0 Å². The van der Waals surface area contributed by atoms with Crippen molar-refractivity contribution < 1.29 is 28.7 Å². The molecule has 158 valence electrons. The largest absolute Gasteiger partial charge is 0.494 e. The van der Waals surface area contributed by atoms with E-state index in [1.165, 1.54) is 31.2 Å². The van der Waals surface area contributed by atoms with Gasteiger partial charge in [0, 0.05) is 16.8 Å². The molecule has 2 aromatic rings. The predicted molar refractivity (Wildman–Crippen MR) is 109 cm³/mol. The van der Waals surface area contributed by atoms with Crippen LogP contribution in [0.5, 0.6) is 5.75 Å². The van der Waals surface area contributed by atoms with Gasteiger partial charge < -0.3 is 25.8 Å². The second kappa shape index (κ2) is 10.6. The molecule has 2 rings (SSSR count). The van der Waals surface area contributed by atoms with Gasteiger partial charge in [0.15, 0.2) is 6.10 Å². The number of hydrogen-bond acceptors (Lipinski definition) is 6. The van der Waals surface area contributed by atoms with Crippen LogP contribution in [0.15, 0.2) is 48.5 Å². The van der Waals surface area contributed by atoms with Crippen molar-refractivity contribution in [2.75, 3.05) is 18.5 Å². The molecule has 0 bridgehead atoms. The van der Waals surface area contributed by atoms with Gasteiger partial charge in [-0.05, 0) is 62.4 Å². The Bertz CT molecular complexity index is 909. The van der Waals surface area contributed by atoms with Gasteiger partial charge in [0.25, 0.3) is 11.8 Å². The first-order valence-corrected chi connectivity index (χ1v) is 9.21. The number of hydrogen-bond donors (Lipinski definition) is 3. The van der Waals surface area contributed by atoms with Crippen LogP contribution in [-0.2, 0) is 14.3 Å². The Kier molecular flexibility index (Phi) is 7.92. The lowest BCUT2D eigenvalue weighted by Gasteiger charge is -2.14. The van der Waals surface area contributed by atoms with Crippen LogP contribution in [0.3, 0.4) is 0 Å². The van der Waals surface area contributed by atoms with Crippen molar-refractivity contribution in [3.8, 4) is 5.75 Å². The number of anilines is 1. The van der Waals surface area contributed by atoms with Crippen molar-refractivity contribution in [1.82, 2.24) is 5.32 Å². The lowest BCUT2D eigenvalue weighted by molar-refractivity contribution is -0.152. The van der Waals surface area contributed by atoms with E-state index in [4.69, 9.17) is 15.2 Å². The molecule has 9 heteroatoms. The quantitative estimate of drug-likeness (QED) is 0.533. The Labute approximate surface area is 173 Å². The topological polar surface area (TPSA) is 137 Å². The first-order chi connectivity index (χ1) is 14.3. The predicted octanol–water partition coefficient (Wildman–Crippen LogP) is 1.48. The summed E-state index contributed by atoms with van der Waals surface area (Å²) in [6.07, 6.45) is -1.09. The molecule has 0 saturated heterocycles. The van der Waals surface area contributed by atoms with Crippen LogP contribution in [-0.4, -0.2) is 42.9 Å². The minimum absolute atomic E-state index is 0.302. The Hall–Kier alpha value is -3.88. The summed E-state index contributed by atoms with van der Waals surface area (Å²) < 4.78 is 10.3. The van der Waals surface area contributed by atoms with Gasteiger partial charge in [-0.25, -0.2) is 0 Å². The molecule has 0 radical (unpaired) electrons. The molecular formula is C21H23N3O6. The summed E-state index contributed by atoms with van der Waals surface area (Å²) in [5.74, 6) is -1.73. The molecule has 4 N–H and O–H groups in total. The molecule has 0 aromatic heterocycles. The Morgan fingerprint density at radius 1 is 0.967 bits per heavy atom. The molecule has 2 aromatic carbocycles. The summed E-state index contributed by atoms with van der Waals surface area (Å²) in [6.45, 7) is 3.38. The van der Waals surface area contributed by atoms with Gasteiger partial charge in [0.05, 0.1) is 6.61 Å². The molecule has 0 unspecified atom stereocenters. The van der Waals surface area contributed by atoms with Gasteiger partial charge in [0.2, 0.25) is 5.91 Å². The Morgan fingerprint density at radius 3 is 2.13 bits per heavy atom. The maximum absolute atomic E-state index is 12.1. The summed E-state index contributed by atoms with van der Waals surface area (Å²) in [6, 6.07) is 12.4. The van der Waals surface area contributed by atoms with Crippen LogP contribution in [0.2, 0.25) is 0 Å². The number of rotatable bonds is 9. The van der Waals surface area contributed by atoms with E-state index < -0.39 is 36.3 Å². The summed E-state index contributed by atoms with van der Waals surface area (Å²) in [4.78, 5) is 47.2. The zero-order chi connectivity index (χ0) is 22.1. The first kappa shape index (κ1) is 22.4. The van der Waals surface area contributed by atoms with Crippen LogP contribution in [0, 0.1) is 0 Å². The monoisotopic (exact) mass is 413 g/mol. The number of nitrogens with two attached hydrogens (primary N) is 1. The highest BCUT2D eigenvalue weighted by atomic mass is 16.5. The fraction of sp³-hybridized carbons (Fsp3) is 0.238. The van der Waals surface area contributed by atoms with E-state index in [9.17, 15) is 19.2 Å². The van der Waals surface area contributed by atoms with Crippen molar-refractivity contribution in [1.29, 1.82) is 0 Å². The van der Waals surface area contributed by atoms with Crippen molar-refractivity contribution in [2.45, 2.75) is 20.0 Å². The highest BCUT2D eigenvalue weighted by Gasteiger charge is 2.18. The highest BCUT2D eigenvalue weighted by Crippen LogP contribution is 2.12. The van der Waals surface area contributed by atoms with Crippen molar-refractivity contribution in [3.05, 3.63) is 59.7 Å². The zero-order valence-corrected chi connectivity index (χ0v) is 16.6. The van der Waals surface area contributed by atoms with Crippen LogP contribution in [0.1, 0.15) is 34.6 Å². The fourth-order valence-corrected chi connectivity index (χ4v) is 2.38. The molecule has 0 heterocycles. The second-order valence-electron chi connectivity index (χ2n) is 6.20. The average Bonchev–Trinajstić information content (AvgIpc) is 2.73. The molecule has 1 atom stereocenters. The fourth-order valence-electron chi connectivity index (χ4n) is 2.38. The molecule has 30 heavy (non-hydrogen) atoms. The van der Waals surface area contributed by atoms with E-state index in [1.54, 1.807) is 24.3 Å². The van der Waals surface area contributed by atoms with E-state index in [0.717, 1.165) is 0 Å². The number of carbonyl (C=O) groups is 4. The van der Waals surface area contributed by atoms with E-state index in [2.05, 4.69) is 10.6 Å². The summed E-state index contributed by atoms with van der Waals surface area (Å²) in [7, 11) is 0. The maximum atomic E-state index is 12.1. The van der Waals surface area contributed by atoms with Gasteiger partial charge in [0.1, 0.15) is 12.3 Å². The second-order valence-corrected chi connectivity index (χ2v) is 6.20. The summed E-state index contributed by atoms with van der Waals surface area (Å²) in [5, 5.41) is 4.98. The third-order valence-corrected chi connectivity index (χ3v) is 3.94. The number of esters is 1. The van der Waals surface area contributed by atoms with Gasteiger partial charge in [-0.3, -0.25) is 19.2 Å². The molecule has 3 amide bonds. The summed E-state index contributed by atoms with van der Waals surface area (Å²) in [5.41, 5.74) is 6.23. The minimum atomic E-state index is -1.09. The van der Waals surface area contributed by atoms with E-state index in [-0.39, 0.29) is 0 Å². The number of primary amides is 1. The number of benzene rings is 2. The molecule has 0 aliphatic heterocycles. The maximum Gasteiger partial charge on any atom is 0.326 e. The van der Waals surface area contributed by atoms with Gasteiger partial charge >= 0.3 is 5.97 Å². The molecule has 0 spiro atoms. The van der Waals surface area contributed by atoms with E-state index in [0.29, 0.717) is 29.2 Å². The number of ether oxygens (including phenoxy) is 2. The lowest BCUT2D eigenvalue weighted by Crippen LogP contribution is -2.35. The van der Waals surface area contributed by atoms with E-state index in [1.807, 2.05) is 6.92 Å². The van der Waals surface area contributed by atoms with Crippen molar-refractivity contribution in [3.63, 3.8) is 0 Å². The standard InChI is InChI=1S/C21H23N3O6/c1-3-29-17-10-6-15(7-11-17)21(28)23-12-18(25)30-13(2)20(27)24-16-8-4-14(5-9-16)19(22)26/h4-11,13H,3,12H2,1-2H3,(H2,22,26)(H,23,28)(H,24,27)/t13-/m0/s1. The van der Waals surface area contributed by atoms with Crippen molar-refractivity contribution >= 4 is 29.4 Å². The van der Waals surface area contributed by atoms with Crippen LogP contribution < -0.4 is 21.1 Å². The minimum Gasteiger partial charge on any atom is -0.494 e. The normalized spacial score (nSPS) is 11.1. The molecule has 0 fully saturated rings. The third kappa shape index (κ3) is 6.62. The van der Waals surface area contributed by atoms with Crippen LogP contribution in [0.25, 0.3) is 0 Å².